The van der Waals surface area contributed by atoms with Crippen molar-refractivity contribution in [1.82, 2.24) is 30.0 Å². The number of pyridine rings is 1. The zero-order valence-corrected chi connectivity index (χ0v) is 18.5. The fraction of sp³-hybridized carbons (Fsp3) is 0.409. The number of hydrogen-bond donors (Lipinski definition) is 2. The van der Waals surface area contributed by atoms with E-state index >= 15 is 0 Å². The number of thiophene rings is 1. The minimum atomic E-state index is 0.0215. The van der Waals surface area contributed by atoms with E-state index in [2.05, 4.69) is 37.4 Å². The fourth-order valence-corrected chi connectivity index (χ4v) is 6.01. The van der Waals surface area contributed by atoms with Crippen LogP contribution in [0.2, 0.25) is 0 Å². The van der Waals surface area contributed by atoms with Gasteiger partial charge < -0.3 is 15.0 Å². The maximum absolute atomic E-state index is 13.2. The summed E-state index contributed by atoms with van der Waals surface area (Å²) in [6.07, 6.45) is 7.58. The van der Waals surface area contributed by atoms with Gasteiger partial charge >= 0.3 is 0 Å². The highest BCUT2D eigenvalue weighted by molar-refractivity contribution is 7.19. The van der Waals surface area contributed by atoms with Gasteiger partial charge in [-0.25, -0.2) is 15.0 Å². The van der Waals surface area contributed by atoms with Crippen molar-refractivity contribution in [3.05, 3.63) is 35.2 Å². The Morgan fingerprint density at radius 3 is 3.16 bits per heavy atom. The number of ether oxygens (including phenoxy) is 1. The number of rotatable bonds is 3. The zero-order valence-electron chi connectivity index (χ0n) is 17.7. The average molecular weight is 450 g/mol. The van der Waals surface area contributed by atoms with E-state index in [-0.39, 0.29) is 17.9 Å². The molecule has 2 N–H and O–H groups in total. The lowest BCUT2D eigenvalue weighted by atomic mass is 9.86. The third-order valence-electron chi connectivity index (χ3n) is 6.40. The monoisotopic (exact) mass is 449 g/mol. The van der Waals surface area contributed by atoms with Crippen LogP contribution in [0.3, 0.4) is 0 Å². The summed E-state index contributed by atoms with van der Waals surface area (Å²) in [5, 5.41) is 12.3. The largest absolute Gasteiger partial charge is 0.377 e. The molecule has 0 spiro atoms. The van der Waals surface area contributed by atoms with Crippen LogP contribution in [0.25, 0.3) is 21.3 Å². The minimum Gasteiger partial charge on any atom is -0.377 e. The number of morpholine rings is 1. The number of fused-ring (bicyclic) bond motifs is 4. The van der Waals surface area contributed by atoms with E-state index in [1.54, 1.807) is 30.1 Å². The van der Waals surface area contributed by atoms with Gasteiger partial charge in [0, 0.05) is 22.7 Å². The molecule has 0 aromatic carbocycles. The van der Waals surface area contributed by atoms with Crippen LogP contribution in [-0.2, 0) is 22.4 Å². The molecule has 2 atom stereocenters. The average Bonchev–Trinajstić information content (AvgIpc) is 3.42. The molecule has 2 aliphatic rings. The number of nitrogens with zero attached hydrogens (tertiary/aromatic N) is 5. The first-order valence-electron chi connectivity index (χ1n) is 10.9. The van der Waals surface area contributed by atoms with E-state index in [0.29, 0.717) is 19.8 Å². The molecule has 0 radical (unpaired) electrons. The van der Waals surface area contributed by atoms with Gasteiger partial charge in [-0.2, -0.15) is 5.10 Å². The van der Waals surface area contributed by atoms with Crippen LogP contribution in [-0.4, -0.2) is 61.8 Å². The first kappa shape index (κ1) is 19.6. The Bertz CT molecular complexity index is 1320. The number of amides is 1. The van der Waals surface area contributed by atoms with Gasteiger partial charge in [-0.3, -0.25) is 9.89 Å². The lowest BCUT2D eigenvalue weighted by molar-refractivity contribution is -0.143. The lowest BCUT2D eigenvalue weighted by Crippen LogP contribution is -2.50. The fourth-order valence-electron chi connectivity index (χ4n) is 4.75. The van der Waals surface area contributed by atoms with E-state index in [9.17, 15) is 4.79 Å². The molecule has 164 valence electrons. The van der Waals surface area contributed by atoms with Gasteiger partial charge in [-0.1, -0.05) is 0 Å². The lowest BCUT2D eigenvalue weighted by Gasteiger charge is -2.36. The van der Waals surface area contributed by atoms with Crippen molar-refractivity contribution in [1.29, 1.82) is 0 Å². The van der Waals surface area contributed by atoms with Crippen molar-refractivity contribution in [2.24, 2.45) is 5.92 Å². The first-order chi connectivity index (χ1) is 15.7. The summed E-state index contributed by atoms with van der Waals surface area (Å²) < 4.78 is 5.50. The van der Waals surface area contributed by atoms with Crippen LogP contribution in [0, 0.1) is 5.92 Å². The summed E-state index contributed by atoms with van der Waals surface area (Å²) >= 11 is 1.68. The summed E-state index contributed by atoms with van der Waals surface area (Å²) in [5.74, 6) is 1.06. The molecule has 0 unspecified atom stereocenters. The molecule has 9 nitrogen and oxygen atoms in total. The van der Waals surface area contributed by atoms with Gasteiger partial charge in [0.1, 0.15) is 17.0 Å². The van der Waals surface area contributed by atoms with Gasteiger partial charge in [0.2, 0.25) is 5.91 Å². The number of H-pyrrole nitrogens is 1. The second kappa shape index (κ2) is 7.79. The molecular formula is C22H23N7O2S. The summed E-state index contributed by atoms with van der Waals surface area (Å²) in [5.41, 5.74) is 2.87. The van der Waals surface area contributed by atoms with Gasteiger partial charge in [0.25, 0.3) is 0 Å². The van der Waals surface area contributed by atoms with Gasteiger partial charge in [0.15, 0.2) is 5.65 Å². The van der Waals surface area contributed by atoms with Gasteiger partial charge in [-0.15, -0.1) is 11.3 Å². The highest BCUT2D eigenvalue weighted by Gasteiger charge is 2.34. The molecule has 0 saturated carbocycles. The Balaban J connectivity index is 1.29. The molecule has 4 aromatic heterocycles. The molecule has 1 saturated heterocycles. The third-order valence-corrected chi connectivity index (χ3v) is 7.56. The molecule has 1 fully saturated rings. The Morgan fingerprint density at radius 2 is 2.25 bits per heavy atom. The van der Waals surface area contributed by atoms with Crippen molar-refractivity contribution in [2.75, 3.05) is 25.1 Å². The predicted octanol–water partition coefficient (Wildman–Crippen LogP) is 3.06. The summed E-state index contributed by atoms with van der Waals surface area (Å²) in [4.78, 5) is 30.9. The quantitative estimate of drug-likeness (QED) is 0.495. The topological polar surface area (TPSA) is 109 Å². The van der Waals surface area contributed by atoms with Crippen molar-refractivity contribution < 1.29 is 9.53 Å². The normalized spacial score (nSPS) is 21.1. The minimum absolute atomic E-state index is 0.0215. The van der Waals surface area contributed by atoms with Crippen LogP contribution in [0.15, 0.2) is 24.8 Å². The number of anilines is 2. The molecule has 5 heterocycles. The number of nitrogens with one attached hydrogen (secondary N) is 2. The number of aromatic nitrogens is 5. The van der Waals surface area contributed by atoms with E-state index in [1.165, 1.54) is 10.4 Å². The molecule has 32 heavy (non-hydrogen) atoms. The number of carbonyl (C=O) groups is 1. The predicted molar refractivity (Wildman–Crippen MR) is 122 cm³/mol. The molecule has 1 aliphatic carbocycles. The summed E-state index contributed by atoms with van der Waals surface area (Å²) in [6, 6.07) is 2.14. The second-order valence-corrected chi connectivity index (χ2v) is 9.54. The molecule has 0 bridgehead atoms. The van der Waals surface area contributed by atoms with Crippen LogP contribution in [0.4, 0.5) is 11.5 Å². The van der Waals surface area contributed by atoms with Crippen molar-refractivity contribution >= 4 is 50.0 Å². The SMILES string of the molecule is C[C@@H]1COCCN1C(=O)[C@H]1CCc2c(sc3ncnc(Nc4cnc5[nH]ncc5c4)c23)C1. The van der Waals surface area contributed by atoms with Crippen molar-refractivity contribution in [2.45, 2.75) is 32.2 Å². The number of aryl methyl sites for hydroxylation is 1. The number of carbonyl (C=O) groups excluding carboxylic acids is 1. The molecular weight excluding hydrogens is 426 g/mol. The highest BCUT2D eigenvalue weighted by Crippen LogP contribution is 2.41. The Morgan fingerprint density at radius 1 is 1.31 bits per heavy atom. The third kappa shape index (κ3) is 3.30. The van der Waals surface area contributed by atoms with E-state index in [1.807, 2.05) is 11.0 Å². The molecule has 6 rings (SSSR count). The molecule has 1 amide bonds. The second-order valence-electron chi connectivity index (χ2n) is 8.46. The van der Waals surface area contributed by atoms with Crippen LogP contribution < -0.4 is 5.32 Å². The molecule has 1 aliphatic heterocycles. The highest BCUT2D eigenvalue weighted by atomic mass is 32.1. The van der Waals surface area contributed by atoms with Crippen LogP contribution in [0.1, 0.15) is 23.8 Å². The van der Waals surface area contributed by atoms with Gasteiger partial charge in [-0.05, 0) is 37.8 Å². The maximum Gasteiger partial charge on any atom is 0.226 e. The molecule has 4 aromatic rings. The maximum atomic E-state index is 13.2. The number of aromatic amines is 1. The number of hydrogen-bond acceptors (Lipinski definition) is 8. The smallest absolute Gasteiger partial charge is 0.226 e. The zero-order chi connectivity index (χ0) is 21.7. The summed E-state index contributed by atoms with van der Waals surface area (Å²) in [7, 11) is 0. The van der Waals surface area contributed by atoms with E-state index in [4.69, 9.17) is 4.74 Å². The van der Waals surface area contributed by atoms with Crippen molar-refractivity contribution in [3.63, 3.8) is 0 Å². The summed E-state index contributed by atoms with van der Waals surface area (Å²) in [6.45, 7) is 4.00. The Hall–Kier alpha value is -3.11. The van der Waals surface area contributed by atoms with Gasteiger partial charge in [0.05, 0.1) is 42.7 Å². The van der Waals surface area contributed by atoms with Crippen molar-refractivity contribution in [3.8, 4) is 0 Å². The Labute approximate surface area is 188 Å². The van der Waals surface area contributed by atoms with E-state index < -0.39 is 0 Å². The molecule has 10 heteroatoms. The van der Waals surface area contributed by atoms with Crippen LogP contribution >= 0.6 is 11.3 Å². The Kier molecular flexibility index (Phi) is 4.76. The van der Waals surface area contributed by atoms with Crippen LogP contribution in [0.5, 0.6) is 0 Å². The first-order valence-corrected chi connectivity index (χ1v) is 11.7. The standard InChI is InChI=1S/C22H23N7O2S/c1-12-10-31-5-4-29(12)22(30)13-2-3-16-17(7-13)32-21-18(16)20(24-11-25-21)27-15-6-14-8-26-28-19(14)23-9-15/h6,8-9,11-13H,2-5,7,10H2,1H3,(H,23,26,28)(H,24,25,27)/t12-,13+/m1/s1. The van der Waals surface area contributed by atoms with E-state index in [0.717, 1.165) is 52.0 Å².